The largest absolute Gasteiger partial charge is 0.355 e. The normalized spacial score (nSPS) is 13.3. The van der Waals surface area contributed by atoms with Gasteiger partial charge in [-0.25, -0.2) is 0 Å². The third-order valence-electron chi connectivity index (χ3n) is 3.68. The topological polar surface area (TPSA) is 83.5 Å². The monoisotopic (exact) mass is 309 g/mol. The number of nitrogens with zero attached hydrogens (tertiary/aromatic N) is 1. The quantitative estimate of drug-likeness (QED) is 0.376. The number of carbonyl (C=O) groups excluding carboxylic acids is 1. The summed E-state index contributed by atoms with van der Waals surface area (Å²) >= 11 is 0. The van der Waals surface area contributed by atoms with E-state index in [0.717, 1.165) is 19.4 Å². The van der Waals surface area contributed by atoms with Gasteiger partial charge in [0.15, 0.2) is 0 Å². The van der Waals surface area contributed by atoms with Crippen LogP contribution in [0, 0.1) is 5.41 Å². The van der Waals surface area contributed by atoms with E-state index in [1.54, 1.807) is 0 Å². The molecule has 0 bridgehead atoms. The van der Waals surface area contributed by atoms with Gasteiger partial charge in [0.25, 0.3) is 10.1 Å². The number of carbonyl (C=O) groups is 1. The van der Waals surface area contributed by atoms with E-state index >= 15 is 0 Å². The maximum Gasteiger partial charge on any atom is 0.270 e. The number of nitrogens with one attached hydrogen (secondary N) is 1. The van der Waals surface area contributed by atoms with Gasteiger partial charge in [0.2, 0.25) is 5.91 Å². The average molecular weight is 309 g/mol. The van der Waals surface area contributed by atoms with Crippen molar-refractivity contribution in [3.8, 4) is 0 Å². The fourth-order valence-corrected chi connectivity index (χ4v) is 2.31. The van der Waals surface area contributed by atoms with Gasteiger partial charge in [-0.1, -0.05) is 20.8 Å². The van der Waals surface area contributed by atoms with Gasteiger partial charge < -0.3 is 9.80 Å². The predicted molar refractivity (Wildman–Crippen MR) is 80.0 cm³/mol. The van der Waals surface area contributed by atoms with Gasteiger partial charge in [-0.3, -0.25) is 9.35 Å². The molecule has 7 heteroatoms. The summed E-state index contributed by atoms with van der Waals surface area (Å²) in [5.41, 5.74) is -0.352. The molecule has 0 rings (SSSR count). The lowest BCUT2D eigenvalue weighted by Crippen LogP contribution is -2.45. The Hall–Kier alpha value is -0.660. The molecule has 6 nitrogen and oxygen atoms in total. The van der Waals surface area contributed by atoms with E-state index in [1.165, 1.54) is 0 Å². The van der Waals surface area contributed by atoms with Crippen LogP contribution in [-0.4, -0.2) is 62.8 Å². The predicted octanol–water partition coefficient (Wildman–Crippen LogP) is 0.893. The number of quaternary nitrogens is 1. The van der Waals surface area contributed by atoms with Gasteiger partial charge in [0.05, 0.1) is 27.2 Å². The first kappa shape index (κ1) is 19.3. The van der Waals surface area contributed by atoms with E-state index in [0.29, 0.717) is 17.6 Å². The average Bonchev–Trinajstić information content (AvgIpc) is 2.31. The molecule has 0 aromatic carbocycles. The Bertz CT molecular complexity index is 416. The minimum atomic E-state index is -3.91. The van der Waals surface area contributed by atoms with E-state index < -0.39 is 10.1 Å². The summed E-state index contributed by atoms with van der Waals surface area (Å²) < 4.78 is 30.7. The van der Waals surface area contributed by atoms with Crippen molar-refractivity contribution in [2.45, 2.75) is 33.6 Å². The van der Waals surface area contributed by atoms with E-state index in [2.05, 4.69) is 5.32 Å². The highest BCUT2D eigenvalue weighted by Gasteiger charge is 2.25. The molecule has 0 atom stereocenters. The smallest absolute Gasteiger partial charge is 0.270 e. The Kier molecular flexibility index (Phi) is 7.13. The SMILES string of the molecule is CCC(C)(C)C(=O)NCCC[N+](C)(C)CCS(=O)(=O)O. The van der Waals surface area contributed by atoms with Crippen molar-refractivity contribution < 1.29 is 22.2 Å². The number of amides is 1. The van der Waals surface area contributed by atoms with Crippen LogP contribution in [0.25, 0.3) is 0 Å². The van der Waals surface area contributed by atoms with E-state index in [1.807, 2.05) is 34.9 Å². The molecule has 0 saturated heterocycles. The Labute approximate surface area is 122 Å². The molecule has 2 N–H and O–H groups in total. The van der Waals surface area contributed by atoms with Gasteiger partial charge in [0, 0.05) is 18.4 Å². The molecule has 0 spiro atoms. The molecule has 0 radical (unpaired) electrons. The van der Waals surface area contributed by atoms with Crippen LogP contribution in [0.15, 0.2) is 0 Å². The molecule has 0 saturated carbocycles. The lowest BCUT2D eigenvalue weighted by atomic mass is 9.89. The Morgan fingerprint density at radius 1 is 1.25 bits per heavy atom. The highest BCUT2D eigenvalue weighted by molar-refractivity contribution is 7.85. The van der Waals surface area contributed by atoms with Crippen LogP contribution in [0.3, 0.4) is 0 Å². The fraction of sp³-hybridized carbons (Fsp3) is 0.923. The van der Waals surface area contributed by atoms with Crippen molar-refractivity contribution >= 4 is 16.0 Å². The van der Waals surface area contributed by atoms with Crippen molar-refractivity contribution in [3.63, 3.8) is 0 Å². The van der Waals surface area contributed by atoms with Crippen molar-refractivity contribution in [2.24, 2.45) is 5.41 Å². The minimum Gasteiger partial charge on any atom is -0.355 e. The van der Waals surface area contributed by atoms with E-state index in [4.69, 9.17) is 4.55 Å². The molecule has 0 heterocycles. The second kappa shape index (κ2) is 7.38. The molecular formula is C13H29N2O4S+. The first-order chi connectivity index (χ1) is 8.90. The van der Waals surface area contributed by atoms with Gasteiger partial charge in [-0.15, -0.1) is 0 Å². The first-order valence-corrected chi connectivity index (χ1v) is 8.56. The lowest BCUT2D eigenvalue weighted by molar-refractivity contribution is -0.888. The van der Waals surface area contributed by atoms with E-state index in [9.17, 15) is 13.2 Å². The van der Waals surface area contributed by atoms with Gasteiger partial charge in [0.1, 0.15) is 5.75 Å². The van der Waals surface area contributed by atoms with Crippen molar-refractivity contribution in [3.05, 3.63) is 0 Å². The molecule has 0 aromatic rings. The minimum absolute atomic E-state index is 0.0447. The molecule has 120 valence electrons. The molecular weight excluding hydrogens is 280 g/mol. The molecule has 20 heavy (non-hydrogen) atoms. The van der Waals surface area contributed by atoms with Crippen LogP contribution in [0.2, 0.25) is 0 Å². The number of hydrogen-bond donors (Lipinski definition) is 2. The van der Waals surface area contributed by atoms with Gasteiger partial charge in [-0.2, -0.15) is 8.42 Å². The highest BCUT2D eigenvalue weighted by atomic mass is 32.2. The van der Waals surface area contributed by atoms with Gasteiger partial charge >= 0.3 is 0 Å². The molecule has 0 aromatic heterocycles. The fourth-order valence-electron chi connectivity index (χ4n) is 1.58. The number of hydrogen-bond acceptors (Lipinski definition) is 3. The third-order valence-corrected chi connectivity index (χ3v) is 4.38. The Morgan fingerprint density at radius 3 is 2.25 bits per heavy atom. The maximum atomic E-state index is 11.8. The van der Waals surface area contributed by atoms with Crippen LogP contribution in [0.5, 0.6) is 0 Å². The van der Waals surface area contributed by atoms with Crippen molar-refractivity contribution in [2.75, 3.05) is 39.5 Å². The van der Waals surface area contributed by atoms with Crippen molar-refractivity contribution in [1.82, 2.24) is 5.32 Å². The summed E-state index contributed by atoms with van der Waals surface area (Å²) in [4.78, 5) is 11.8. The standard InChI is InChI=1S/C13H28N2O4S/c1-6-13(2,3)12(16)14-8-7-9-15(4,5)10-11-20(17,18)19/h6-11H2,1-5H3,(H-,14,16,17,18,19)/p+1. The molecule has 0 fully saturated rings. The summed E-state index contributed by atoms with van der Waals surface area (Å²) in [6.45, 7) is 7.48. The van der Waals surface area contributed by atoms with Crippen LogP contribution < -0.4 is 5.32 Å². The van der Waals surface area contributed by atoms with Crippen LogP contribution >= 0.6 is 0 Å². The van der Waals surface area contributed by atoms with Crippen molar-refractivity contribution in [1.29, 1.82) is 0 Å². The summed E-state index contributed by atoms with van der Waals surface area (Å²) in [6, 6.07) is 0. The Balaban J connectivity index is 4.03. The zero-order valence-electron chi connectivity index (χ0n) is 13.3. The Morgan fingerprint density at radius 2 is 1.80 bits per heavy atom. The summed E-state index contributed by atoms with van der Waals surface area (Å²) in [6.07, 6.45) is 1.55. The second-order valence-corrected chi connectivity index (χ2v) is 8.09. The maximum absolute atomic E-state index is 11.8. The van der Waals surface area contributed by atoms with Gasteiger partial charge in [-0.05, 0) is 6.42 Å². The van der Waals surface area contributed by atoms with E-state index in [-0.39, 0.29) is 17.1 Å². The molecule has 0 aliphatic heterocycles. The zero-order valence-corrected chi connectivity index (χ0v) is 14.1. The molecule has 0 unspecified atom stereocenters. The second-order valence-electron chi connectivity index (χ2n) is 6.52. The first-order valence-electron chi connectivity index (χ1n) is 6.95. The molecule has 1 amide bonds. The molecule has 0 aliphatic carbocycles. The summed E-state index contributed by atoms with van der Waals surface area (Å²) in [5, 5.41) is 2.90. The molecule has 0 aliphatic rings. The zero-order chi connectivity index (χ0) is 16.0. The van der Waals surface area contributed by atoms with Crippen LogP contribution in [0.4, 0.5) is 0 Å². The lowest BCUT2D eigenvalue weighted by Gasteiger charge is -2.29. The summed E-state index contributed by atoms with van der Waals surface area (Å²) in [5.74, 6) is -0.196. The van der Waals surface area contributed by atoms with Crippen LogP contribution in [0.1, 0.15) is 33.6 Å². The van der Waals surface area contributed by atoms with Crippen LogP contribution in [-0.2, 0) is 14.9 Å². The third kappa shape index (κ3) is 8.50. The highest BCUT2D eigenvalue weighted by Crippen LogP contribution is 2.19. The summed E-state index contributed by atoms with van der Waals surface area (Å²) in [7, 11) is -0.0980. The number of rotatable bonds is 9.